The third-order valence-electron chi connectivity index (χ3n) is 3.39. The maximum Gasteiger partial charge on any atom is 0.150 e. The minimum absolute atomic E-state index is 0.499. The van der Waals surface area contributed by atoms with Gasteiger partial charge in [-0.15, -0.1) is 0 Å². The number of nitrogens with two attached hydrogens (primary N) is 1. The van der Waals surface area contributed by atoms with Crippen molar-refractivity contribution in [1.29, 1.82) is 0 Å². The first kappa shape index (κ1) is 11.0. The van der Waals surface area contributed by atoms with E-state index in [0.29, 0.717) is 5.82 Å². The van der Waals surface area contributed by atoms with Gasteiger partial charge >= 0.3 is 0 Å². The first-order valence-electron chi connectivity index (χ1n) is 6.42. The second kappa shape index (κ2) is 4.06. The molecule has 4 nitrogen and oxygen atoms in total. The number of aromatic nitrogens is 3. The van der Waals surface area contributed by atoms with Gasteiger partial charge in [-0.3, -0.25) is 0 Å². The average Bonchev–Trinajstić information content (AvgIpc) is 2.94. The molecule has 0 amide bonds. The summed E-state index contributed by atoms with van der Waals surface area (Å²) in [4.78, 5) is 4.43. The maximum atomic E-state index is 6.04. The van der Waals surface area contributed by atoms with Crippen molar-refractivity contribution >= 4 is 22.4 Å². The lowest BCUT2D eigenvalue weighted by Gasteiger charge is -2.02. The van der Waals surface area contributed by atoms with Crippen molar-refractivity contribution < 1.29 is 0 Å². The highest BCUT2D eigenvalue weighted by Gasteiger charge is 2.10. The van der Waals surface area contributed by atoms with E-state index < -0.39 is 0 Å². The summed E-state index contributed by atoms with van der Waals surface area (Å²) in [7, 11) is 0. The number of benzene rings is 2. The van der Waals surface area contributed by atoms with E-state index in [4.69, 9.17) is 5.73 Å². The zero-order valence-corrected chi connectivity index (χ0v) is 10.7. The summed E-state index contributed by atoms with van der Waals surface area (Å²) in [6.45, 7) is 0. The van der Waals surface area contributed by atoms with Gasteiger partial charge in [-0.1, -0.05) is 42.5 Å². The number of rotatable bonds is 1. The Bertz CT molecular complexity index is 910. The quantitative estimate of drug-likeness (QED) is 0.572. The molecular weight excluding hydrogens is 248 g/mol. The van der Waals surface area contributed by atoms with E-state index in [-0.39, 0.29) is 0 Å². The second-order valence-corrected chi connectivity index (χ2v) is 4.68. The minimum Gasteiger partial charge on any atom is -0.382 e. The summed E-state index contributed by atoms with van der Waals surface area (Å²) < 4.78 is 1.86. The van der Waals surface area contributed by atoms with Gasteiger partial charge in [0.05, 0.1) is 16.7 Å². The fourth-order valence-corrected chi connectivity index (χ4v) is 2.42. The molecule has 0 unspecified atom stereocenters. The molecule has 20 heavy (non-hydrogen) atoms. The van der Waals surface area contributed by atoms with Crippen LogP contribution in [-0.4, -0.2) is 14.6 Å². The fourth-order valence-electron chi connectivity index (χ4n) is 2.42. The third kappa shape index (κ3) is 1.55. The van der Waals surface area contributed by atoms with Crippen molar-refractivity contribution in [2.24, 2.45) is 0 Å². The number of anilines is 1. The topological polar surface area (TPSA) is 56.2 Å². The Kier molecular flexibility index (Phi) is 2.23. The SMILES string of the molecule is Nc1nc2ccccc2n2nc(-c3ccccc3)cc12. The van der Waals surface area contributed by atoms with Crippen molar-refractivity contribution in [1.82, 2.24) is 14.6 Å². The van der Waals surface area contributed by atoms with Gasteiger partial charge in [0.1, 0.15) is 11.3 Å². The molecule has 2 heterocycles. The van der Waals surface area contributed by atoms with E-state index >= 15 is 0 Å². The van der Waals surface area contributed by atoms with E-state index in [1.54, 1.807) is 0 Å². The van der Waals surface area contributed by atoms with Gasteiger partial charge < -0.3 is 5.73 Å². The smallest absolute Gasteiger partial charge is 0.150 e. The Hall–Kier alpha value is -2.88. The molecule has 0 saturated carbocycles. The molecule has 0 aliphatic rings. The van der Waals surface area contributed by atoms with Crippen molar-refractivity contribution in [3.05, 3.63) is 60.7 Å². The van der Waals surface area contributed by atoms with Gasteiger partial charge in [0.2, 0.25) is 0 Å². The normalized spacial score (nSPS) is 11.2. The van der Waals surface area contributed by atoms with E-state index in [9.17, 15) is 0 Å². The standard InChI is InChI=1S/C16H12N4/c17-16-15-10-13(11-6-2-1-3-7-11)19-20(15)14-9-5-4-8-12(14)18-16/h1-10H,(H2,17,18). The Morgan fingerprint density at radius 3 is 2.45 bits per heavy atom. The number of hydrogen-bond donors (Lipinski definition) is 1. The second-order valence-electron chi connectivity index (χ2n) is 4.68. The van der Waals surface area contributed by atoms with Crippen LogP contribution in [0.25, 0.3) is 27.8 Å². The van der Waals surface area contributed by atoms with Crippen LogP contribution in [0.4, 0.5) is 5.82 Å². The molecule has 2 aromatic carbocycles. The lowest BCUT2D eigenvalue weighted by Crippen LogP contribution is -1.98. The van der Waals surface area contributed by atoms with Crippen molar-refractivity contribution in [3.8, 4) is 11.3 Å². The molecule has 4 heteroatoms. The summed E-state index contributed by atoms with van der Waals surface area (Å²) in [6.07, 6.45) is 0. The summed E-state index contributed by atoms with van der Waals surface area (Å²) in [5.74, 6) is 0.499. The molecule has 0 fully saturated rings. The highest BCUT2D eigenvalue weighted by Crippen LogP contribution is 2.25. The molecule has 0 radical (unpaired) electrons. The Balaban J connectivity index is 2.08. The van der Waals surface area contributed by atoms with Crippen LogP contribution in [0, 0.1) is 0 Å². The van der Waals surface area contributed by atoms with Crippen LogP contribution in [-0.2, 0) is 0 Å². The molecule has 4 aromatic rings. The number of hydrogen-bond acceptors (Lipinski definition) is 3. The molecule has 0 spiro atoms. The molecular formula is C16H12N4. The van der Waals surface area contributed by atoms with Crippen LogP contribution in [0.1, 0.15) is 0 Å². The first-order valence-corrected chi connectivity index (χ1v) is 6.42. The zero-order valence-electron chi connectivity index (χ0n) is 10.7. The Labute approximate surface area is 115 Å². The van der Waals surface area contributed by atoms with E-state index in [1.807, 2.05) is 65.2 Å². The number of fused-ring (bicyclic) bond motifs is 3. The van der Waals surface area contributed by atoms with Crippen molar-refractivity contribution in [3.63, 3.8) is 0 Å². The van der Waals surface area contributed by atoms with Crippen LogP contribution in [0.2, 0.25) is 0 Å². The summed E-state index contributed by atoms with van der Waals surface area (Å²) in [6, 6.07) is 19.9. The predicted molar refractivity (Wildman–Crippen MR) is 80.3 cm³/mol. The molecule has 2 aromatic heterocycles. The number of para-hydroxylation sites is 2. The largest absolute Gasteiger partial charge is 0.382 e. The summed E-state index contributed by atoms with van der Waals surface area (Å²) in [5, 5.41) is 4.67. The van der Waals surface area contributed by atoms with Gasteiger partial charge in [0, 0.05) is 5.56 Å². The first-order chi connectivity index (χ1) is 9.83. The monoisotopic (exact) mass is 260 g/mol. The third-order valence-corrected chi connectivity index (χ3v) is 3.39. The highest BCUT2D eigenvalue weighted by molar-refractivity contribution is 5.85. The van der Waals surface area contributed by atoms with Gasteiger partial charge in [-0.05, 0) is 18.2 Å². The molecule has 2 N–H and O–H groups in total. The van der Waals surface area contributed by atoms with E-state index in [1.165, 1.54) is 0 Å². The van der Waals surface area contributed by atoms with Crippen molar-refractivity contribution in [2.45, 2.75) is 0 Å². The maximum absolute atomic E-state index is 6.04. The molecule has 0 bridgehead atoms. The van der Waals surface area contributed by atoms with Crippen LogP contribution in [0.15, 0.2) is 60.7 Å². The minimum atomic E-state index is 0.499. The van der Waals surface area contributed by atoms with Crippen molar-refractivity contribution in [2.75, 3.05) is 5.73 Å². The lowest BCUT2D eigenvalue weighted by molar-refractivity contribution is 1.00. The Morgan fingerprint density at radius 1 is 0.850 bits per heavy atom. The van der Waals surface area contributed by atoms with Gasteiger partial charge in [-0.2, -0.15) is 5.10 Å². The molecule has 4 rings (SSSR count). The van der Waals surface area contributed by atoms with Gasteiger partial charge in [0.15, 0.2) is 0 Å². The molecule has 0 saturated heterocycles. The summed E-state index contributed by atoms with van der Waals surface area (Å²) in [5.41, 5.74) is 10.6. The molecule has 0 aliphatic carbocycles. The number of nitrogen functional groups attached to an aromatic ring is 1. The average molecular weight is 260 g/mol. The molecule has 0 atom stereocenters. The van der Waals surface area contributed by atoms with Crippen LogP contribution >= 0.6 is 0 Å². The summed E-state index contributed by atoms with van der Waals surface area (Å²) >= 11 is 0. The van der Waals surface area contributed by atoms with Crippen LogP contribution < -0.4 is 5.73 Å². The van der Waals surface area contributed by atoms with Gasteiger partial charge in [0.25, 0.3) is 0 Å². The van der Waals surface area contributed by atoms with E-state index in [0.717, 1.165) is 27.8 Å². The van der Waals surface area contributed by atoms with Crippen LogP contribution in [0.5, 0.6) is 0 Å². The highest BCUT2D eigenvalue weighted by atomic mass is 15.2. The van der Waals surface area contributed by atoms with Crippen LogP contribution in [0.3, 0.4) is 0 Å². The van der Waals surface area contributed by atoms with E-state index in [2.05, 4.69) is 10.1 Å². The zero-order chi connectivity index (χ0) is 13.5. The molecule has 96 valence electrons. The molecule has 0 aliphatic heterocycles. The number of nitrogens with zero attached hydrogens (tertiary/aromatic N) is 3. The lowest BCUT2D eigenvalue weighted by atomic mass is 10.1. The fraction of sp³-hybridized carbons (Fsp3) is 0. The van der Waals surface area contributed by atoms with Gasteiger partial charge in [-0.25, -0.2) is 9.50 Å². The predicted octanol–water partition coefficient (Wildman–Crippen LogP) is 3.13. The Morgan fingerprint density at radius 2 is 1.60 bits per heavy atom.